The van der Waals surface area contributed by atoms with Gasteiger partial charge in [-0.15, -0.1) is 12.4 Å². The van der Waals surface area contributed by atoms with Gasteiger partial charge in [-0.25, -0.2) is 14.2 Å². The van der Waals surface area contributed by atoms with Crippen molar-refractivity contribution in [3.63, 3.8) is 0 Å². The average Bonchev–Trinajstić information content (AvgIpc) is 2.27. The first-order valence-electron chi connectivity index (χ1n) is 4.74. The molecule has 2 atom stereocenters. The van der Waals surface area contributed by atoms with Crippen LogP contribution < -0.4 is 5.73 Å². The molecular formula is C10H13BrClFN2O2. The van der Waals surface area contributed by atoms with E-state index in [4.69, 9.17) is 5.73 Å². The fraction of sp³-hybridized carbons (Fsp3) is 0.400. The molecule has 1 unspecified atom stereocenters. The number of nitrogens with zero attached hydrogens (tertiary/aromatic N) is 1. The van der Waals surface area contributed by atoms with Gasteiger partial charge in [0.05, 0.1) is 12.6 Å². The topological polar surface area (TPSA) is 65.2 Å². The second-order valence-electron chi connectivity index (χ2n) is 3.09. The van der Waals surface area contributed by atoms with Crippen molar-refractivity contribution in [3.05, 3.63) is 28.5 Å². The predicted octanol–water partition coefficient (Wildman–Crippen LogP) is 2.17. The Balaban J connectivity index is 0.00000256. The molecule has 1 aromatic rings. The molecule has 7 heteroatoms. The maximum atomic E-state index is 13.6. The fourth-order valence-electron chi connectivity index (χ4n) is 1.16. The van der Waals surface area contributed by atoms with E-state index in [0.717, 1.165) is 0 Å². The highest BCUT2D eigenvalue weighted by atomic mass is 79.9. The van der Waals surface area contributed by atoms with Crippen molar-refractivity contribution < 1.29 is 13.9 Å². The van der Waals surface area contributed by atoms with Gasteiger partial charge in [-0.05, 0) is 40.5 Å². The number of carbonyl (C=O) groups excluding carboxylic acids is 1. The van der Waals surface area contributed by atoms with Crippen molar-refractivity contribution >= 4 is 34.3 Å². The van der Waals surface area contributed by atoms with Crippen LogP contribution in [0.4, 0.5) is 4.39 Å². The standard InChI is InChI=1S/C10H12BrFN2O2.ClH/c1-2-16-10(15)8(12)9(13)6-3-4-14-7(11)5-6;/h3-5,8-9H,2,13H2,1H3;1H/t8?,9-;/m0./s1. The van der Waals surface area contributed by atoms with Crippen LogP contribution in [0.2, 0.25) is 0 Å². The maximum Gasteiger partial charge on any atom is 0.342 e. The zero-order valence-corrected chi connectivity index (χ0v) is 11.5. The van der Waals surface area contributed by atoms with E-state index in [1.54, 1.807) is 19.1 Å². The molecule has 17 heavy (non-hydrogen) atoms. The van der Waals surface area contributed by atoms with Gasteiger partial charge >= 0.3 is 5.97 Å². The third-order valence-electron chi connectivity index (χ3n) is 1.96. The minimum Gasteiger partial charge on any atom is -0.464 e. The lowest BCUT2D eigenvalue weighted by molar-refractivity contribution is -0.149. The highest BCUT2D eigenvalue weighted by Gasteiger charge is 2.27. The van der Waals surface area contributed by atoms with E-state index in [-0.39, 0.29) is 19.0 Å². The minimum absolute atomic E-state index is 0. The number of hydrogen-bond donors (Lipinski definition) is 1. The summed E-state index contributed by atoms with van der Waals surface area (Å²) in [7, 11) is 0. The van der Waals surface area contributed by atoms with E-state index in [1.165, 1.54) is 6.20 Å². The van der Waals surface area contributed by atoms with Crippen LogP contribution >= 0.6 is 28.3 Å². The van der Waals surface area contributed by atoms with E-state index in [9.17, 15) is 9.18 Å². The van der Waals surface area contributed by atoms with Crippen LogP contribution in [-0.2, 0) is 9.53 Å². The smallest absolute Gasteiger partial charge is 0.342 e. The Labute approximate surface area is 113 Å². The number of aromatic nitrogens is 1. The first-order valence-corrected chi connectivity index (χ1v) is 5.53. The summed E-state index contributed by atoms with van der Waals surface area (Å²) >= 11 is 3.14. The fourth-order valence-corrected chi connectivity index (χ4v) is 1.54. The van der Waals surface area contributed by atoms with Gasteiger partial charge in [0.25, 0.3) is 0 Å². The summed E-state index contributed by atoms with van der Waals surface area (Å²) in [6.45, 7) is 1.74. The molecule has 0 spiro atoms. The molecule has 0 aromatic carbocycles. The van der Waals surface area contributed by atoms with E-state index in [0.29, 0.717) is 10.2 Å². The lowest BCUT2D eigenvalue weighted by Gasteiger charge is -2.15. The highest BCUT2D eigenvalue weighted by molar-refractivity contribution is 9.10. The molecule has 2 N–H and O–H groups in total. The van der Waals surface area contributed by atoms with Gasteiger partial charge in [-0.1, -0.05) is 0 Å². The van der Waals surface area contributed by atoms with Crippen LogP contribution in [0.25, 0.3) is 0 Å². The summed E-state index contributed by atoms with van der Waals surface area (Å²) in [5, 5.41) is 0. The van der Waals surface area contributed by atoms with Crippen molar-refractivity contribution in [1.29, 1.82) is 0 Å². The van der Waals surface area contributed by atoms with Crippen molar-refractivity contribution in [2.24, 2.45) is 5.73 Å². The summed E-state index contributed by atoms with van der Waals surface area (Å²) in [6, 6.07) is 2.08. The lowest BCUT2D eigenvalue weighted by atomic mass is 10.1. The van der Waals surface area contributed by atoms with Gasteiger partial charge in [0.1, 0.15) is 4.60 Å². The van der Waals surface area contributed by atoms with Crippen LogP contribution in [-0.4, -0.2) is 23.7 Å². The molecule has 1 heterocycles. The molecular weight excluding hydrogens is 314 g/mol. The van der Waals surface area contributed by atoms with Crippen LogP contribution in [0.15, 0.2) is 22.9 Å². The number of carbonyl (C=O) groups is 1. The summed E-state index contributed by atoms with van der Waals surface area (Å²) in [6.07, 6.45) is -0.383. The van der Waals surface area contributed by atoms with E-state index < -0.39 is 18.2 Å². The molecule has 1 rings (SSSR count). The number of ether oxygens (including phenoxy) is 1. The minimum atomic E-state index is -1.87. The molecule has 0 saturated heterocycles. The number of hydrogen-bond acceptors (Lipinski definition) is 4. The monoisotopic (exact) mass is 326 g/mol. The molecule has 0 amide bonds. The maximum absolute atomic E-state index is 13.6. The van der Waals surface area contributed by atoms with Crippen molar-refractivity contribution in [2.45, 2.75) is 19.1 Å². The van der Waals surface area contributed by atoms with Crippen LogP contribution in [0, 0.1) is 0 Å². The number of rotatable bonds is 4. The van der Waals surface area contributed by atoms with Gasteiger partial charge in [-0.2, -0.15) is 0 Å². The molecule has 96 valence electrons. The lowest BCUT2D eigenvalue weighted by Crippen LogP contribution is -2.31. The Morgan fingerprint density at radius 1 is 1.71 bits per heavy atom. The molecule has 0 aliphatic heterocycles. The SMILES string of the molecule is CCOC(=O)C(F)[C@@H](N)c1ccnc(Br)c1.Cl. The van der Waals surface area contributed by atoms with Gasteiger partial charge in [0.2, 0.25) is 6.17 Å². The van der Waals surface area contributed by atoms with Crippen molar-refractivity contribution in [3.8, 4) is 0 Å². The first-order chi connectivity index (χ1) is 7.56. The van der Waals surface area contributed by atoms with Crippen LogP contribution in [0.3, 0.4) is 0 Å². The second kappa shape index (κ2) is 7.58. The van der Waals surface area contributed by atoms with E-state index in [2.05, 4.69) is 25.7 Å². The molecule has 0 saturated carbocycles. The van der Waals surface area contributed by atoms with Crippen LogP contribution in [0.5, 0.6) is 0 Å². The van der Waals surface area contributed by atoms with Gasteiger partial charge in [-0.3, -0.25) is 0 Å². The second-order valence-corrected chi connectivity index (χ2v) is 3.90. The molecule has 0 aliphatic rings. The summed E-state index contributed by atoms with van der Waals surface area (Å²) in [5.41, 5.74) is 6.10. The first kappa shape index (κ1) is 16.3. The van der Waals surface area contributed by atoms with Gasteiger partial charge < -0.3 is 10.5 Å². The normalized spacial score (nSPS) is 13.4. The Bertz CT molecular complexity index is 381. The predicted molar refractivity (Wildman–Crippen MR) is 67.6 cm³/mol. The largest absolute Gasteiger partial charge is 0.464 e. The number of halogens is 3. The number of pyridine rings is 1. The van der Waals surface area contributed by atoms with E-state index >= 15 is 0 Å². The quantitative estimate of drug-likeness (QED) is 0.680. The Kier molecular flexibility index (Phi) is 7.26. The summed E-state index contributed by atoms with van der Waals surface area (Å²) < 4.78 is 18.7. The zero-order valence-electron chi connectivity index (χ0n) is 9.10. The number of alkyl halides is 1. The Morgan fingerprint density at radius 3 is 2.88 bits per heavy atom. The third-order valence-corrected chi connectivity index (χ3v) is 2.40. The number of nitrogens with two attached hydrogens (primary N) is 1. The molecule has 0 bridgehead atoms. The van der Waals surface area contributed by atoms with Crippen LogP contribution in [0.1, 0.15) is 18.5 Å². The molecule has 0 radical (unpaired) electrons. The van der Waals surface area contributed by atoms with Crippen molar-refractivity contribution in [1.82, 2.24) is 4.98 Å². The van der Waals surface area contributed by atoms with Gasteiger partial charge in [0, 0.05) is 6.20 Å². The zero-order chi connectivity index (χ0) is 12.1. The Morgan fingerprint density at radius 2 is 2.35 bits per heavy atom. The van der Waals surface area contributed by atoms with Gasteiger partial charge in [0.15, 0.2) is 0 Å². The molecule has 1 aromatic heterocycles. The third kappa shape index (κ3) is 4.57. The molecule has 0 fully saturated rings. The summed E-state index contributed by atoms with van der Waals surface area (Å²) in [4.78, 5) is 15.0. The van der Waals surface area contributed by atoms with Crippen molar-refractivity contribution in [2.75, 3.05) is 6.61 Å². The highest BCUT2D eigenvalue weighted by Crippen LogP contribution is 2.20. The molecule has 4 nitrogen and oxygen atoms in total. The average molecular weight is 328 g/mol. The number of esters is 1. The van der Waals surface area contributed by atoms with E-state index in [1.807, 2.05) is 0 Å². The summed E-state index contributed by atoms with van der Waals surface area (Å²) in [5.74, 6) is -0.942. The Hall–Kier alpha value is -0.720. The molecule has 0 aliphatic carbocycles.